The standard InChI is InChI=1S/C29H21ClN2O5S/c1-16-3-5-17(6-4-16)15-36-22-9-7-18(13-23(22)35-2)25-24-26(33)20-14-19(30)8-10-21(20)37-27(24)28(34)32(25)29-31-11-12-38-29/h3-14,25H,15H2,1-2H3. The van der Waals surface area contributed by atoms with Crippen LogP contribution in [-0.2, 0) is 6.61 Å². The number of carbonyl (C=O) groups is 1. The molecule has 0 fully saturated rings. The van der Waals surface area contributed by atoms with E-state index in [2.05, 4.69) is 4.98 Å². The molecule has 7 nitrogen and oxygen atoms in total. The molecule has 1 aliphatic rings. The van der Waals surface area contributed by atoms with Crippen molar-refractivity contribution in [3.63, 3.8) is 0 Å². The van der Waals surface area contributed by atoms with Gasteiger partial charge in [-0.2, -0.15) is 0 Å². The van der Waals surface area contributed by atoms with Crippen LogP contribution in [-0.4, -0.2) is 18.0 Å². The van der Waals surface area contributed by atoms with Crippen LogP contribution < -0.4 is 19.8 Å². The highest BCUT2D eigenvalue weighted by atomic mass is 35.5. The minimum atomic E-state index is -0.775. The van der Waals surface area contributed by atoms with Gasteiger partial charge in [0.2, 0.25) is 5.76 Å². The zero-order valence-electron chi connectivity index (χ0n) is 20.4. The van der Waals surface area contributed by atoms with Crippen LogP contribution in [0.1, 0.15) is 38.9 Å². The van der Waals surface area contributed by atoms with E-state index in [4.69, 9.17) is 25.5 Å². The number of halogens is 1. The Labute approximate surface area is 226 Å². The van der Waals surface area contributed by atoms with Gasteiger partial charge in [-0.05, 0) is 48.4 Å². The molecule has 1 atom stereocenters. The Bertz CT molecular complexity index is 1730. The average molecular weight is 545 g/mol. The molecule has 0 N–H and O–H groups in total. The molecule has 0 spiro atoms. The van der Waals surface area contributed by atoms with Gasteiger partial charge >= 0.3 is 0 Å². The zero-order valence-corrected chi connectivity index (χ0v) is 22.0. The summed E-state index contributed by atoms with van der Waals surface area (Å²) in [6.45, 7) is 2.40. The number of methoxy groups -OCH3 is 1. The Balaban J connectivity index is 1.46. The lowest BCUT2D eigenvalue weighted by Gasteiger charge is -2.23. The smallest absolute Gasteiger partial charge is 0.297 e. The first-order valence-corrected chi connectivity index (χ1v) is 13.1. The summed E-state index contributed by atoms with van der Waals surface area (Å²) in [4.78, 5) is 33.2. The van der Waals surface area contributed by atoms with E-state index >= 15 is 0 Å². The van der Waals surface area contributed by atoms with Crippen molar-refractivity contribution >= 4 is 44.9 Å². The molecule has 0 aliphatic carbocycles. The molecule has 1 amide bonds. The summed E-state index contributed by atoms with van der Waals surface area (Å²) in [5.41, 5.74) is 3.06. The van der Waals surface area contributed by atoms with Crippen LogP contribution >= 0.6 is 22.9 Å². The number of nitrogens with zero attached hydrogens (tertiary/aromatic N) is 2. The van der Waals surface area contributed by atoms with Gasteiger partial charge in [-0.25, -0.2) is 4.98 Å². The third kappa shape index (κ3) is 4.12. The fourth-order valence-corrected chi connectivity index (χ4v) is 5.45. The van der Waals surface area contributed by atoms with E-state index in [1.807, 2.05) is 37.3 Å². The lowest BCUT2D eigenvalue weighted by atomic mass is 9.98. The number of carbonyl (C=O) groups excluding carboxylic acids is 1. The minimum Gasteiger partial charge on any atom is -0.493 e. The number of fused-ring (bicyclic) bond motifs is 2. The second kappa shape index (κ2) is 9.63. The van der Waals surface area contributed by atoms with Gasteiger partial charge < -0.3 is 13.9 Å². The van der Waals surface area contributed by atoms with Gasteiger partial charge in [0.05, 0.1) is 24.1 Å². The van der Waals surface area contributed by atoms with Crippen LogP contribution in [0.25, 0.3) is 11.0 Å². The highest BCUT2D eigenvalue weighted by Crippen LogP contribution is 2.44. The number of rotatable bonds is 6. The predicted molar refractivity (Wildman–Crippen MR) is 147 cm³/mol. The average Bonchev–Trinajstić information content (AvgIpc) is 3.55. The number of aromatic nitrogens is 1. The van der Waals surface area contributed by atoms with Crippen LogP contribution in [0.15, 0.2) is 81.5 Å². The number of benzene rings is 3. The Kier molecular flexibility index (Phi) is 6.13. The first-order valence-electron chi connectivity index (χ1n) is 11.8. The van der Waals surface area contributed by atoms with E-state index in [0.29, 0.717) is 44.8 Å². The second-order valence-electron chi connectivity index (χ2n) is 8.89. The van der Waals surface area contributed by atoms with Crippen molar-refractivity contribution < 1.29 is 18.7 Å². The van der Waals surface area contributed by atoms with Crippen LogP contribution in [0, 0.1) is 6.92 Å². The van der Waals surface area contributed by atoms with Gasteiger partial charge in [0.25, 0.3) is 5.91 Å². The van der Waals surface area contributed by atoms with Gasteiger partial charge in [-0.3, -0.25) is 14.5 Å². The molecule has 38 heavy (non-hydrogen) atoms. The lowest BCUT2D eigenvalue weighted by molar-refractivity contribution is 0.0971. The number of hydrogen-bond acceptors (Lipinski definition) is 7. The lowest BCUT2D eigenvalue weighted by Crippen LogP contribution is -2.29. The second-order valence-corrected chi connectivity index (χ2v) is 10.2. The van der Waals surface area contributed by atoms with Gasteiger partial charge in [0.15, 0.2) is 22.1 Å². The maximum absolute atomic E-state index is 13.8. The monoisotopic (exact) mass is 544 g/mol. The summed E-state index contributed by atoms with van der Waals surface area (Å²) in [5, 5.41) is 2.93. The summed E-state index contributed by atoms with van der Waals surface area (Å²) in [7, 11) is 1.55. The molecule has 0 radical (unpaired) electrons. The van der Waals surface area contributed by atoms with Gasteiger partial charge in [0.1, 0.15) is 12.2 Å². The fourth-order valence-electron chi connectivity index (χ4n) is 4.61. The van der Waals surface area contributed by atoms with Crippen molar-refractivity contribution in [2.45, 2.75) is 19.6 Å². The van der Waals surface area contributed by atoms with Crippen LogP contribution in [0.4, 0.5) is 5.13 Å². The molecule has 1 aliphatic heterocycles. The highest BCUT2D eigenvalue weighted by Gasteiger charge is 2.45. The molecule has 0 bridgehead atoms. The van der Waals surface area contributed by atoms with Gasteiger partial charge in [-0.1, -0.05) is 47.5 Å². The molecule has 9 heteroatoms. The van der Waals surface area contributed by atoms with Crippen LogP contribution in [0.5, 0.6) is 11.5 Å². The molecule has 3 aromatic carbocycles. The summed E-state index contributed by atoms with van der Waals surface area (Å²) in [6, 6.07) is 17.5. The molecule has 3 heterocycles. The Morgan fingerprint density at radius 2 is 1.87 bits per heavy atom. The van der Waals surface area contributed by atoms with Crippen molar-refractivity contribution in [1.29, 1.82) is 0 Å². The zero-order chi connectivity index (χ0) is 26.4. The van der Waals surface area contributed by atoms with Crippen LogP contribution in [0.3, 0.4) is 0 Å². The third-order valence-electron chi connectivity index (χ3n) is 6.48. The largest absolute Gasteiger partial charge is 0.493 e. The normalized spacial score (nSPS) is 14.7. The molecule has 2 aromatic heterocycles. The van der Waals surface area contributed by atoms with E-state index in [1.165, 1.54) is 21.8 Å². The van der Waals surface area contributed by atoms with Crippen molar-refractivity contribution in [3.8, 4) is 11.5 Å². The van der Waals surface area contributed by atoms with Crippen molar-refractivity contribution in [3.05, 3.63) is 116 Å². The van der Waals surface area contributed by atoms with E-state index in [0.717, 1.165) is 5.56 Å². The van der Waals surface area contributed by atoms with Crippen molar-refractivity contribution in [2.75, 3.05) is 12.0 Å². The van der Waals surface area contributed by atoms with Crippen LogP contribution in [0.2, 0.25) is 5.02 Å². The van der Waals surface area contributed by atoms with E-state index < -0.39 is 11.9 Å². The molecule has 5 aromatic rings. The SMILES string of the molecule is COc1cc(C2c3c(oc4ccc(Cl)cc4c3=O)C(=O)N2c2nccs2)ccc1OCc1ccc(C)cc1. The quantitative estimate of drug-likeness (QED) is 0.241. The number of amides is 1. The maximum atomic E-state index is 13.8. The Morgan fingerprint density at radius 3 is 2.61 bits per heavy atom. The number of hydrogen-bond donors (Lipinski definition) is 0. The third-order valence-corrected chi connectivity index (χ3v) is 7.48. The van der Waals surface area contributed by atoms with E-state index in [-0.39, 0.29) is 16.8 Å². The first kappa shape index (κ1) is 24.2. The van der Waals surface area contributed by atoms with Gasteiger partial charge in [0, 0.05) is 16.6 Å². The molecular formula is C29H21ClN2O5S. The molecule has 0 saturated heterocycles. The van der Waals surface area contributed by atoms with E-state index in [9.17, 15) is 9.59 Å². The molecular weight excluding hydrogens is 524 g/mol. The minimum absolute atomic E-state index is 0.0105. The van der Waals surface area contributed by atoms with E-state index in [1.54, 1.807) is 49.0 Å². The number of anilines is 1. The Morgan fingerprint density at radius 1 is 1.05 bits per heavy atom. The van der Waals surface area contributed by atoms with Crippen molar-refractivity contribution in [2.24, 2.45) is 0 Å². The number of ether oxygens (including phenoxy) is 2. The van der Waals surface area contributed by atoms with Crippen molar-refractivity contribution in [1.82, 2.24) is 4.98 Å². The Hall–Kier alpha value is -4.14. The summed E-state index contributed by atoms with van der Waals surface area (Å²) in [6.07, 6.45) is 1.61. The summed E-state index contributed by atoms with van der Waals surface area (Å²) < 4.78 is 17.7. The number of thiazole rings is 1. The first-order chi connectivity index (χ1) is 18.4. The molecule has 190 valence electrons. The summed E-state index contributed by atoms with van der Waals surface area (Å²) >= 11 is 7.47. The van der Waals surface area contributed by atoms with Gasteiger partial charge in [-0.15, -0.1) is 11.3 Å². The maximum Gasteiger partial charge on any atom is 0.297 e. The predicted octanol–water partition coefficient (Wildman–Crippen LogP) is 6.55. The fraction of sp³-hybridized carbons (Fsp3) is 0.138. The number of aryl methyl sites for hydroxylation is 1. The topological polar surface area (TPSA) is 81.9 Å². The highest BCUT2D eigenvalue weighted by molar-refractivity contribution is 7.13. The molecule has 6 rings (SSSR count). The summed E-state index contributed by atoms with van der Waals surface area (Å²) in [5.74, 6) is 0.568. The molecule has 0 saturated carbocycles. The molecule has 1 unspecified atom stereocenters.